The first kappa shape index (κ1) is 23.0. The van der Waals surface area contributed by atoms with Crippen molar-refractivity contribution in [3.05, 3.63) is 78.0 Å². The van der Waals surface area contributed by atoms with E-state index in [2.05, 4.69) is 16.9 Å². The Kier molecular flexibility index (Phi) is 6.07. The molecule has 182 valence electrons. The molecular weight excluding hydrogens is 462 g/mol. The van der Waals surface area contributed by atoms with Crippen LogP contribution in [0.5, 0.6) is 5.75 Å². The maximum absolute atomic E-state index is 12.1. The second kappa shape index (κ2) is 9.49. The van der Waals surface area contributed by atoms with Gasteiger partial charge in [-0.3, -0.25) is 4.40 Å². The van der Waals surface area contributed by atoms with Crippen LogP contribution in [-0.2, 0) is 13.0 Å². The van der Waals surface area contributed by atoms with Crippen LogP contribution in [0.25, 0.3) is 28.1 Å². The first-order chi connectivity index (χ1) is 17.5. The Balaban J connectivity index is 1.62. The van der Waals surface area contributed by atoms with E-state index in [1.165, 1.54) is 4.40 Å². The Morgan fingerprint density at radius 2 is 1.78 bits per heavy atom. The molecule has 0 aliphatic rings. The number of carbonyl (C=O) groups is 2. The van der Waals surface area contributed by atoms with Crippen molar-refractivity contribution in [1.29, 1.82) is 0 Å². The summed E-state index contributed by atoms with van der Waals surface area (Å²) in [4.78, 5) is 37.2. The van der Waals surface area contributed by atoms with Crippen molar-refractivity contribution in [2.45, 2.75) is 32.7 Å². The van der Waals surface area contributed by atoms with Gasteiger partial charge in [-0.1, -0.05) is 49.7 Å². The van der Waals surface area contributed by atoms with Gasteiger partial charge in [-0.05, 0) is 24.6 Å². The molecule has 0 radical (unpaired) electrons. The molecule has 10 heteroatoms. The Labute approximate surface area is 205 Å². The monoisotopic (exact) mass is 485 g/mol. The summed E-state index contributed by atoms with van der Waals surface area (Å²) in [6.45, 7) is 2.37. The topological polar surface area (TPSA) is 132 Å². The highest BCUT2D eigenvalue weighted by Crippen LogP contribution is 2.29. The molecule has 36 heavy (non-hydrogen) atoms. The zero-order valence-corrected chi connectivity index (χ0v) is 19.5. The summed E-state index contributed by atoms with van der Waals surface area (Å²) in [6.07, 6.45) is 2.82. The van der Waals surface area contributed by atoms with E-state index in [4.69, 9.17) is 9.72 Å². The van der Waals surface area contributed by atoms with Crippen LogP contribution < -0.4 is 4.74 Å². The van der Waals surface area contributed by atoms with Gasteiger partial charge in [0.05, 0.1) is 17.8 Å². The van der Waals surface area contributed by atoms with E-state index in [0.29, 0.717) is 34.4 Å². The summed E-state index contributed by atoms with van der Waals surface area (Å²) in [5.74, 6) is 0.130. The molecule has 0 aliphatic carbocycles. The number of para-hydroxylation sites is 1. The molecular formula is C26H23N5O5. The fraction of sp³-hybridized carbons (Fsp3) is 0.192. The third kappa shape index (κ3) is 4.24. The molecule has 0 atom stereocenters. The molecule has 3 heterocycles. The van der Waals surface area contributed by atoms with Crippen molar-refractivity contribution in [2.24, 2.45) is 0 Å². The smallest absolute Gasteiger partial charge is 0.476 e. The van der Waals surface area contributed by atoms with Gasteiger partial charge in [-0.2, -0.15) is 0 Å². The molecule has 0 unspecified atom stereocenters. The Hall–Kier alpha value is -4.73. The van der Waals surface area contributed by atoms with Gasteiger partial charge in [-0.15, -0.1) is 0 Å². The zero-order chi connectivity index (χ0) is 25.2. The standard InChI is InChI=1S/C26H23N5O5/c1-2-3-12-20-28-18-10-7-11-19(36-26(34)35)22(18)31(20)15-17-13-14-30-23(24(32)33)21(29-25(30)27-17)16-8-5-4-6-9-16/h4-11,13-14H,2-3,12,15H2,1H3,(H,32,33)(H,34,35). The molecule has 0 fully saturated rings. The highest BCUT2D eigenvalue weighted by Gasteiger charge is 2.22. The van der Waals surface area contributed by atoms with Crippen molar-refractivity contribution < 1.29 is 24.5 Å². The molecule has 0 saturated carbocycles. The van der Waals surface area contributed by atoms with Gasteiger partial charge in [-0.25, -0.2) is 24.5 Å². The summed E-state index contributed by atoms with van der Waals surface area (Å²) in [5, 5.41) is 19.1. The van der Waals surface area contributed by atoms with E-state index in [-0.39, 0.29) is 23.8 Å². The van der Waals surface area contributed by atoms with E-state index in [0.717, 1.165) is 18.7 Å². The molecule has 0 saturated heterocycles. The van der Waals surface area contributed by atoms with Gasteiger partial charge < -0.3 is 19.5 Å². The summed E-state index contributed by atoms with van der Waals surface area (Å²) in [6, 6.07) is 15.9. The van der Waals surface area contributed by atoms with Gasteiger partial charge in [0.1, 0.15) is 17.0 Å². The van der Waals surface area contributed by atoms with Crippen LogP contribution in [0.15, 0.2) is 60.8 Å². The number of hydrogen-bond acceptors (Lipinski definition) is 6. The second-order valence-corrected chi connectivity index (χ2v) is 8.28. The SMILES string of the molecule is CCCCc1nc2cccc(OC(=O)O)c2n1Cc1ccn2c(C(=O)O)c(-c3ccccc3)nc2n1. The molecule has 0 bridgehead atoms. The number of benzene rings is 2. The molecule has 2 aromatic carbocycles. The number of fused-ring (bicyclic) bond motifs is 2. The molecule has 0 aliphatic heterocycles. The third-order valence-corrected chi connectivity index (χ3v) is 5.88. The van der Waals surface area contributed by atoms with Crippen molar-refractivity contribution in [3.63, 3.8) is 0 Å². The molecule has 5 rings (SSSR count). The van der Waals surface area contributed by atoms with Gasteiger partial charge in [0.25, 0.3) is 0 Å². The van der Waals surface area contributed by atoms with Crippen LogP contribution in [-0.4, -0.2) is 46.3 Å². The number of ether oxygens (including phenoxy) is 1. The van der Waals surface area contributed by atoms with E-state index in [9.17, 15) is 19.8 Å². The van der Waals surface area contributed by atoms with Crippen molar-refractivity contribution in [1.82, 2.24) is 23.9 Å². The number of imidazole rings is 2. The fourth-order valence-corrected chi connectivity index (χ4v) is 4.29. The number of rotatable bonds is 8. The minimum Gasteiger partial charge on any atom is -0.476 e. The lowest BCUT2D eigenvalue weighted by Crippen LogP contribution is -2.10. The normalized spacial score (nSPS) is 11.2. The molecule has 2 N–H and O–H groups in total. The van der Waals surface area contributed by atoms with Crippen molar-refractivity contribution >= 4 is 28.9 Å². The predicted molar refractivity (Wildman–Crippen MR) is 131 cm³/mol. The minimum absolute atomic E-state index is 0.0316. The lowest BCUT2D eigenvalue weighted by atomic mass is 10.1. The fourth-order valence-electron chi connectivity index (χ4n) is 4.29. The van der Waals surface area contributed by atoms with Gasteiger partial charge in [0.2, 0.25) is 5.78 Å². The summed E-state index contributed by atoms with van der Waals surface area (Å²) in [7, 11) is 0. The summed E-state index contributed by atoms with van der Waals surface area (Å²) >= 11 is 0. The largest absolute Gasteiger partial charge is 0.511 e. The van der Waals surface area contributed by atoms with Crippen LogP contribution >= 0.6 is 0 Å². The molecule has 5 aromatic rings. The van der Waals surface area contributed by atoms with Crippen LogP contribution in [0, 0.1) is 0 Å². The van der Waals surface area contributed by atoms with Gasteiger partial charge in [0.15, 0.2) is 11.4 Å². The van der Waals surface area contributed by atoms with Crippen LogP contribution in [0.1, 0.15) is 41.8 Å². The quantitative estimate of drug-likeness (QED) is 0.234. The number of carboxylic acid groups (broad SMARTS) is 2. The predicted octanol–water partition coefficient (Wildman–Crippen LogP) is 4.89. The number of hydrogen-bond donors (Lipinski definition) is 2. The molecule has 0 amide bonds. The number of carboxylic acids is 1. The average molecular weight is 486 g/mol. The number of aryl methyl sites for hydroxylation is 1. The van der Waals surface area contributed by atoms with Crippen molar-refractivity contribution in [2.75, 3.05) is 0 Å². The number of aromatic nitrogens is 5. The molecule has 10 nitrogen and oxygen atoms in total. The Morgan fingerprint density at radius 1 is 0.972 bits per heavy atom. The average Bonchev–Trinajstić information content (AvgIpc) is 3.42. The minimum atomic E-state index is -1.41. The zero-order valence-electron chi connectivity index (χ0n) is 19.5. The highest BCUT2D eigenvalue weighted by molar-refractivity contribution is 5.94. The van der Waals surface area contributed by atoms with E-state index in [1.807, 2.05) is 28.8 Å². The van der Waals surface area contributed by atoms with Crippen LogP contribution in [0.4, 0.5) is 4.79 Å². The Morgan fingerprint density at radius 3 is 2.50 bits per heavy atom. The lowest BCUT2D eigenvalue weighted by molar-refractivity contribution is 0.0690. The maximum Gasteiger partial charge on any atom is 0.511 e. The first-order valence-electron chi connectivity index (χ1n) is 11.5. The second-order valence-electron chi connectivity index (χ2n) is 8.28. The van der Waals surface area contributed by atoms with E-state index in [1.54, 1.807) is 36.5 Å². The third-order valence-electron chi connectivity index (χ3n) is 5.88. The first-order valence-corrected chi connectivity index (χ1v) is 11.5. The summed E-state index contributed by atoms with van der Waals surface area (Å²) < 4.78 is 8.40. The van der Waals surface area contributed by atoms with Crippen molar-refractivity contribution in [3.8, 4) is 17.0 Å². The number of unbranched alkanes of at least 4 members (excludes halogenated alkanes) is 1. The summed E-state index contributed by atoms with van der Waals surface area (Å²) in [5.41, 5.74) is 2.85. The molecule has 0 spiro atoms. The van der Waals surface area contributed by atoms with E-state index < -0.39 is 12.1 Å². The molecule has 3 aromatic heterocycles. The lowest BCUT2D eigenvalue weighted by Gasteiger charge is -2.11. The van der Waals surface area contributed by atoms with E-state index >= 15 is 0 Å². The van der Waals surface area contributed by atoms with Gasteiger partial charge in [0, 0.05) is 18.2 Å². The number of nitrogens with zero attached hydrogens (tertiary/aromatic N) is 5. The van der Waals surface area contributed by atoms with Gasteiger partial charge >= 0.3 is 12.1 Å². The van der Waals surface area contributed by atoms with Crippen LogP contribution in [0.2, 0.25) is 0 Å². The Bertz CT molecular complexity index is 1590. The van der Waals surface area contributed by atoms with Crippen LogP contribution in [0.3, 0.4) is 0 Å². The maximum atomic E-state index is 12.1. The number of aromatic carboxylic acids is 1. The highest BCUT2D eigenvalue weighted by atomic mass is 16.7.